The van der Waals surface area contributed by atoms with Crippen molar-refractivity contribution >= 4 is 23.9 Å². The van der Waals surface area contributed by atoms with E-state index in [9.17, 15) is 19.2 Å². The van der Waals surface area contributed by atoms with E-state index in [-0.39, 0.29) is 13.2 Å². The molecule has 0 aromatic heterocycles. The van der Waals surface area contributed by atoms with E-state index < -0.39 is 91.6 Å². The monoisotopic (exact) mass is 792 g/mol. The Labute approximate surface area is 330 Å². The van der Waals surface area contributed by atoms with E-state index in [0.29, 0.717) is 24.3 Å². The molecule has 0 unspecified atom stereocenters. The minimum Gasteiger partial charge on any atom is -0.489 e. The summed E-state index contributed by atoms with van der Waals surface area (Å²) in [4.78, 5) is 49.7. The Morgan fingerprint density at radius 3 is 1.82 bits per heavy atom. The molecule has 3 fully saturated rings. The van der Waals surface area contributed by atoms with Crippen LogP contribution in [0.3, 0.4) is 0 Å². The number of rotatable bonds is 14. The second-order valence-electron chi connectivity index (χ2n) is 13.9. The first-order valence-corrected chi connectivity index (χ1v) is 18.8. The van der Waals surface area contributed by atoms with Crippen molar-refractivity contribution in [2.24, 2.45) is 0 Å². The molecule has 3 aromatic rings. The molecule has 0 amide bonds. The molecule has 57 heavy (non-hydrogen) atoms. The van der Waals surface area contributed by atoms with Crippen molar-refractivity contribution in [1.82, 2.24) is 0 Å². The largest absolute Gasteiger partial charge is 0.489 e. The van der Waals surface area contributed by atoms with Crippen molar-refractivity contribution in [3.05, 3.63) is 102 Å². The molecule has 3 aromatic carbocycles. The van der Waals surface area contributed by atoms with Crippen LogP contribution in [0.2, 0.25) is 0 Å². The summed E-state index contributed by atoms with van der Waals surface area (Å²) < 4.78 is 66.6. The van der Waals surface area contributed by atoms with Gasteiger partial charge in [-0.05, 0) is 36.6 Å². The maximum atomic E-state index is 12.7. The minimum absolute atomic E-state index is 0.0427. The third-order valence-corrected chi connectivity index (χ3v) is 9.43. The Bertz CT molecular complexity index is 1790. The zero-order valence-corrected chi connectivity index (χ0v) is 32.4. The summed E-state index contributed by atoms with van der Waals surface area (Å²) in [6, 6.07) is 26.7. The zero-order chi connectivity index (χ0) is 40.5. The summed E-state index contributed by atoms with van der Waals surface area (Å²) in [6.45, 7) is 6.97. The van der Waals surface area contributed by atoms with Crippen molar-refractivity contribution in [3.63, 3.8) is 0 Å². The van der Waals surface area contributed by atoms with E-state index >= 15 is 0 Å². The van der Waals surface area contributed by atoms with Gasteiger partial charge in [0, 0.05) is 33.3 Å². The smallest absolute Gasteiger partial charge is 0.303 e. The lowest BCUT2D eigenvalue weighted by Crippen LogP contribution is -2.67. The number of carbonyl (C=O) groups is 4. The Morgan fingerprint density at radius 2 is 1.19 bits per heavy atom. The van der Waals surface area contributed by atoms with Gasteiger partial charge in [0.1, 0.15) is 30.7 Å². The molecular weight excluding hydrogens is 744 g/mol. The summed E-state index contributed by atoms with van der Waals surface area (Å²) in [6.07, 6.45) is -12.1. The van der Waals surface area contributed by atoms with Gasteiger partial charge in [-0.1, -0.05) is 72.8 Å². The Morgan fingerprint density at radius 1 is 0.614 bits per heavy atom. The highest BCUT2D eigenvalue weighted by Crippen LogP contribution is 2.39. The Kier molecular flexibility index (Phi) is 14.3. The van der Waals surface area contributed by atoms with Crippen LogP contribution < -0.4 is 4.74 Å². The maximum absolute atomic E-state index is 12.7. The molecule has 306 valence electrons. The normalized spacial score (nSPS) is 29.6. The number of carbonyl (C=O) groups excluding carboxylic acids is 4. The van der Waals surface area contributed by atoms with E-state index in [0.717, 1.165) is 18.1 Å². The summed E-state index contributed by atoms with van der Waals surface area (Å²) in [5, 5.41) is 0. The van der Waals surface area contributed by atoms with Crippen LogP contribution in [0.5, 0.6) is 5.75 Å². The number of hydrogen-bond acceptors (Lipinski definition) is 15. The predicted octanol–water partition coefficient (Wildman–Crippen LogP) is 4.52. The van der Waals surface area contributed by atoms with Gasteiger partial charge in [0.05, 0.1) is 19.3 Å². The third-order valence-electron chi connectivity index (χ3n) is 9.43. The summed E-state index contributed by atoms with van der Waals surface area (Å²) in [7, 11) is 0. The van der Waals surface area contributed by atoms with Crippen LogP contribution in [-0.2, 0) is 79.6 Å². The molecule has 6 rings (SSSR count). The third kappa shape index (κ3) is 11.2. The van der Waals surface area contributed by atoms with Crippen molar-refractivity contribution in [2.45, 2.75) is 115 Å². The molecule has 0 radical (unpaired) electrons. The molecule has 15 heteroatoms. The molecule has 3 saturated heterocycles. The molecule has 11 atom stereocenters. The van der Waals surface area contributed by atoms with E-state index in [1.165, 1.54) is 20.8 Å². The maximum Gasteiger partial charge on any atom is 0.303 e. The second-order valence-corrected chi connectivity index (χ2v) is 13.9. The van der Waals surface area contributed by atoms with E-state index in [2.05, 4.69) is 0 Å². The Hall–Kier alpha value is -4.90. The van der Waals surface area contributed by atoms with Crippen LogP contribution in [0.15, 0.2) is 84.9 Å². The van der Waals surface area contributed by atoms with Gasteiger partial charge in [-0.15, -0.1) is 0 Å². The topological polar surface area (TPSA) is 170 Å². The van der Waals surface area contributed by atoms with Crippen LogP contribution in [-0.4, -0.2) is 98.5 Å². The van der Waals surface area contributed by atoms with Crippen LogP contribution in [0.25, 0.3) is 0 Å². The van der Waals surface area contributed by atoms with Gasteiger partial charge in [0.2, 0.25) is 0 Å². The first-order valence-electron chi connectivity index (χ1n) is 18.8. The molecule has 0 spiro atoms. The standard InChI is InChI=1S/C42H48O15/c1-24-34(51-25(2)43)36(52-26(3)44)39(54-28(5)46)42(50-24)57-37-35-33(23-49-40(56-35)31-14-10-7-11-15-31)55-41(38(37)53-27(4)45)47-21-20-29-16-18-32(19-17-29)48-22-30-12-8-6-9-13-30/h6-19,24,33-42H,20-23H2,1-5H3/t24-,33+,34-,35+,36+,37-,38+,39+,40+,41+,42-/m0/s1. The molecule has 0 N–H and O–H groups in total. The van der Waals surface area contributed by atoms with E-state index in [1.807, 2.05) is 84.9 Å². The fourth-order valence-electron chi connectivity index (χ4n) is 6.95. The fourth-order valence-corrected chi connectivity index (χ4v) is 6.95. The van der Waals surface area contributed by atoms with Gasteiger partial charge in [0.25, 0.3) is 0 Å². The number of benzene rings is 3. The number of esters is 4. The molecule has 0 aliphatic carbocycles. The SMILES string of the molecule is CC(=O)O[C@@H]1[C@@H](OC(C)=O)[C@H](C)O[C@@H](O[C@@H]2[C@@H](OC(C)=O)[C@H](OCCc3ccc(OCc4ccccc4)cc3)O[C@@H]3CO[C@@H](c4ccccc4)O[C@@H]23)[C@@H]1OC(C)=O. The molecule has 0 bridgehead atoms. The fraction of sp³-hybridized carbons (Fsp3) is 0.476. The second kappa shape index (κ2) is 19.5. The van der Waals surface area contributed by atoms with Gasteiger partial charge in [0.15, 0.2) is 43.3 Å². The van der Waals surface area contributed by atoms with E-state index in [1.54, 1.807) is 6.92 Å². The summed E-state index contributed by atoms with van der Waals surface area (Å²) in [5.74, 6) is -2.11. The van der Waals surface area contributed by atoms with Crippen molar-refractivity contribution in [2.75, 3.05) is 13.2 Å². The molecule has 3 aliphatic heterocycles. The van der Waals surface area contributed by atoms with Crippen LogP contribution in [0.1, 0.15) is 57.6 Å². The van der Waals surface area contributed by atoms with E-state index in [4.69, 9.17) is 52.1 Å². The van der Waals surface area contributed by atoms with Gasteiger partial charge in [-0.25, -0.2) is 0 Å². The lowest BCUT2D eigenvalue weighted by atomic mass is 9.95. The van der Waals surface area contributed by atoms with Gasteiger partial charge >= 0.3 is 23.9 Å². The van der Waals surface area contributed by atoms with Gasteiger partial charge < -0.3 is 52.1 Å². The first-order chi connectivity index (χ1) is 27.4. The highest BCUT2D eigenvalue weighted by Gasteiger charge is 2.57. The highest BCUT2D eigenvalue weighted by atomic mass is 16.8. The van der Waals surface area contributed by atoms with Crippen molar-refractivity contribution in [1.29, 1.82) is 0 Å². The molecule has 3 heterocycles. The molecule has 15 nitrogen and oxygen atoms in total. The molecular formula is C42H48O15. The predicted molar refractivity (Wildman–Crippen MR) is 197 cm³/mol. The quantitative estimate of drug-likeness (QED) is 0.165. The molecule has 0 saturated carbocycles. The molecule has 3 aliphatic rings. The van der Waals surface area contributed by atoms with Crippen LogP contribution in [0.4, 0.5) is 0 Å². The zero-order valence-electron chi connectivity index (χ0n) is 32.4. The van der Waals surface area contributed by atoms with Crippen molar-refractivity contribution < 1.29 is 71.3 Å². The minimum atomic E-state index is -1.45. The summed E-state index contributed by atoms with van der Waals surface area (Å²) in [5.41, 5.74) is 2.73. The lowest BCUT2D eigenvalue weighted by Gasteiger charge is -2.50. The highest BCUT2D eigenvalue weighted by molar-refractivity contribution is 5.68. The van der Waals surface area contributed by atoms with Gasteiger partial charge in [-0.2, -0.15) is 0 Å². The summed E-state index contributed by atoms with van der Waals surface area (Å²) >= 11 is 0. The van der Waals surface area contributed by atoms with Gasteiger partial charge in [-0.3, -0.25) is 19.2 Å². The lowest BCUT2D eigenvalue weighted by molar-refractivity contribution is -0.391. The average Bonchev–Trinajstić information content (AvgIpc) is 3.18. The van der Waals surface area contributed by atoms with Crippen LogP contribution in [0, 0.1) is 0 Å². The Balaban J connectivity index is 1.24. The first kappa shape index (κ1) is 41.7. The number of ether oxygens (including phenoxy) is 11. The number of hydrogen-bond donors (Lipinski definition) is 0. The average molecular weight is 793 g/mol. The van der Waals surface area contributed by atoms with Crippen molar-refractivity contribution in [3.8, 4) is 5.75 Å². The van der Waals surface area contributed by atoms with Crippen LogP contribution >= 0.6 is 0 Å². The number of fused-ring (bicyclic) bond motifs is 1.